The summed E-state index contributed by atoms with van der Waals surface area (Å²) in [6.45, 7) is 4.20. The lowest BCUT2D eigenvalue weighted by molar-refractivity contribution is -0.148. The fourth-order valence-electron chi connectivity index (χ4n) is 3.75. The van der Waals surface area contributed by atoms with Crippen LogP contribution in [0.4, 0.5) is 0 Å². The van der Waals surface area contributed by atoms with Crippen LogP contribution >= 0.6 is 23.2 Å². The van der Waals surface area contributed by atoms with E-state index in [9.17, 15) is 9.59 Å². The molecule has 2 aromatic rings. The van der Waals surface area contributed by atoms with Crippen molar-refractivity contribution in [2.75, 3.05) is 47.0 Å². The van der Waals surface area contributed by atoms with E-state index in [2.05, 4.69) is 0 Å². The molecule has 9 heteroatoms. The zero-order valence-electron chi connectivity index (χ0n) is 18.3. The van der Waals surface area contributed by atoms with Gasteiger partial charge in [0.1, 0.15) is 6.04 Å². The van der Waals surface area contributed by atoms with Gasteiger partial charge in [-0.05, 0) is 36.8 Å². The first-order valence-corrected chi connectivity index (χ1v) is 11.0. The normalized spacial score (nSPS) is 15.2. The molecule has 0 saturated carbocycles. The molecule has 1 heterocycles. The Hall–Kier alpha value is -2.48. The summed E-state index contributed by atoms with van der Waals surface area (Å²) in [5, 5.41) is 0.916. The maximum Gasteiger partial charge on any atom is 0.327 e. The standard InChI is InChI=1S/C23H26Cl2N2O5/c1-4-32-21-18(25)13-16(14-19(21)30-2)22(28)27-11-9-26(10-12-27)20(23(29)31-3)15-5-7-17(24)8-6-15/h5-8,13-14,20H,4,9-12H2,1-3H3. The highest BCUT2D eigenvalue weighted by Gasteiger charge is 2.33. The van der Waals surface area contributed by atoms with E-state index in [1.54, 1.807) is 29.2 Å². The Balaban J connectivity index is 1.74. The molecule has 7 nitrogen and oxygen atoms in total. The van der Waals surface area contributed by atoms with Crippen molar-refractivity contribution in [3.8, 4) is 11.5 Å². The van der Waals surface area contributed by atoms with Crippen molar-refractivity contribution >= 4 is 35.1 Å². The van der Waals surface area contributed by atoms with Crippen LogP contribution in [0.2, 0.25) is 10.0 Å². The zero-order valence-corrected chi connectivity index (χ0v) is 19.8. The molecule has 0 spiro atoms. The number of rotatable bonds is 7. The van der Waals surface area contributed by atoms with Crippen molar-refractivity contribution in [2.24, 2.45) is 0 Å². The molecular weight excluding hydrogens is 455 g/mol. The number of benzene rings is 2. The third-order valence-corrected chi connectivity index (χ3v) is 5.87. The first kappa shape index (κ1) is 24.2. The highest BCUT2D eigenvalue weighted by molar-refractivity contribution is 6.32. The number of piperazine rings is 1. The zero-order chi connectivity index (χ0) is 23.3. The summed E-state index contributed by atoms with van der Waals surface area (Å²) >= 11 is 12.3. The Kier molecular flexibility index (Phi) is 8.23. The molecule has 2 aromatic carbocycles. The van der Waals surface area contributed by atoms with Crippen molar-refractivity contribution < 1.29 is 23.8 Å². The summed E-state index contributed by atoms with van der Waals surface area (Å²) in [5.41, 5.74) is 1.22. The third-order valence-electron chi connectivity index (χ3n) is 5.34. The van der Waals surface area contributed by atoms with E-state index in [0.717, 1.165) is 5.56 Å². The van der Waals surface area contributed by atoms with Crippen LogP contribution in [0, 0.1) is 0 Å². The summed E-state index contributed by atoms with van der Waals surface area (Å²) in [4.78, 5) is 29.4. The Bertz CT molecular complexity index is 960. The fraction of sp³-hybridized carbons (Fsp3) is 0.391. The molecule has 0 radical (unpaired) electrons. The Morgan fingerprint density at radius 1 is 1.03 bits per heavy atom. The molecule has 0 N–H and O–H groups in total. The average Bonchev–Trinajstić information content (AvgIpc) is 2.81. The largest absolute Gasteiger partial charge is 0.493 e. The first-order chi connectivity index (χ1) is 15.4. The van der Waals surface area contributed by atoms with Crippen LogP contribution in [0.25, 0.3) is 0 Å². The van der Waals surface area contributed by atoms with Gasteiger partial charge in [-0.1, -0.05) is 35.3 Å². The van der Waals surface area contributed by atoms with Gasteiger partial charge in [0, 0.05) is 36.8 Å². The van der Waals surface area contributed by atoms with E-state index in [-0.39, 0.29) is 11.9 Å². The van der Waals surface area contributed by atoms with Crippen LogP contribution < -0.4 is 9.47 Å². The molecule has 32 heavy (non-hydrogen) atoms. The van der Waals surface area contributed by atoms with E-state index in [1.165, 1.54) is 14.2 Å². The van der Waals surface area contributed by atoms with Crippen LogP contribution in [0.15, 0.2) is 36.4 Å². The second-order valence-electron chi connectivity index (χ2n) is 7.23. The molecule has 1 saturated heterocycles. The Labute approximate surface area is 197 Å². The van der Waals surface area contributed by atoms with Crippen LogP contribution in [-0.2, 0) is 9.53 Å². The SMILES string of the molecule is CCOc1c(Cl)cc(C(=O)N2CCN(C(C(=O)OC)c3ccc(Cl)cc3)CC2)cc1OC. The molecule has 1 amide bonds. The molecular formula is C23H26Cl2N2O5. The van der Waals surface area contributed by atoms with E-state index in [4.69, 9.17) is 37.4 Å². The average molecular weight is 481 g/mol. The number of nitrogens with zero attached hydrogens (tertiary/aromatic N) is 2. The number of methoxy groups -OCH3 is 2. The van der Waals surface area contributed by atoms with Gasteiger partial charge in [-0.25, -0.2) is 4.79 Å². The van der Waals surface area contributed by atoms with E-state index < -0.39 is 6.04 Å². The Morgan fingerprint density at radius 3 is 2.25 bits per heavy atom. The van der Waals surface area contributed by atoms with E-state index in [1.807, 2.05) is 24.0 Å². The number of amides is 1. The number of esters is 1. The molecule has 3 rings (SSSR count). The van der Waals surface area contributed by atoms with E-state index in [0.29, 0.717) is 59.9 Å². The summed E-state index contributed by atoms with van der Waals surface area (Å²) in [6.07, 6.45) is 0. The quantitative estimate of drug-likeness (QED) is 0.556. The maximum atomic E-state index is 13.1. The van der Waals surface area contributed by atoms with Crippen LogP contribution in [0.3, 0.4) is 0 Å². The van der Waals surface area contributed by atoms with Crippen molar-refractivity contribution in [1.82, 2.24) is 9.80 Å². The van der Waals surface area contributed by atoms with Gasteiger partial charge in [-0.15, -0.1) is 0 Å². The molecule has 1 unspecified atom stereocenters. The number of hydrogen-bond acceptors (Lipinski definition) is 6. The van der Waals surface area contributed by atoms with Crippen LogP contribution in [-0.4, -0.2) is 68.7 Å². The van der Waals surface area contributed by atoms with Crippen molar-refractivity contribution in [1.29, 1.82) is 0 Å². The number of halogens is 2. The smallest absolute Gasteiger partial charge is 0.327 e. The van der Waals surface area contributed by atoms with Crippen LogP contribution in [0.1, 0.15) is 28.9 Å². The monoisotopic (exact) mass is 480 g/mol. The number of carbonyl (C=O) groups is 2. The molecule has 1 aliphatic heterocycles. The minimum atomic E-state index is -0.561. The highest BCUT2D eigenvalue weighted by Crippen LogP contribution is 2.37. The minimum absolute atomic E-state index is 0.158. The molecule has 1 atom stereocenters. The molecule has 0 bridgehead atoms. The van der Waals surface area contributed by atoms with Crippen molar-refractivity contribution in [3.63, 3.8) is 0 Å². The molecule has 0 aliphatic carbocycles. The molecule has 0 aromatic heterocycles. The summed E-state index contributed by atoms with van der Waals surface area (Å²) in [7, 11) is 2.87. The maximum absolute atomic E-state index is 13.1. The van der Waals surface area contributed by atoms with Gasteiger partial charge in [-0.2, -0.15) is 0 Å². The summed E-state index contributed by atoms with van der Waals surface area (Å²) in [5.74, 6) is 0.320. The molecule has 172 valence electrons. The topological polar surface area (TPSA) is 68.3 Å². The van der Waals surface area contributed by atoms with Gasteiger partial charge < -0.3 is 19.1 Å². The fourth-order valence-corrected chi connectivity index (χ4v) is 4.14. The van der Waals surface area contributed by atoms with Gasteiger partial charge in [-0.3, -0.25) is 9.69 Å². The van der Waals surface area contributed by atoms with Gasteiger partial charge in [0.2, 0.25) is 0 Å². The third kappa shape index (κ3) is 5.28. The lowest BCUT2D eigenvalue weighted by Gasteiger charge is -2.38. The first-order valence-electron chi connectivity index (χ1n) is 10.3. The second kappa shape index (κ2) is 10.9. The van der Waals surface area contributed by atoms with Gasteiger partial charge in [0.15, 0.2) is 11.5 Å². The lowest BCUT2D eigenvalue weighted by Crippen LogP contribution is -2.51. The predicted molar refractivity (Wildman–Crippen MR) is 123 cm³/mol. The van der Waals surface area contributed by atoms with Crippen LogP contribution in [0.5, 0.6) is 11.5 Å². The van der Waals surface area contributed by atoms with Gasteiger partial charge >= 0.3 is 5.97 Å². The van der Waals surface area contributed by atoms with Gasteiger partial charge in [0.05, 0.1) is 25.8 Å². The molecule has 1 aliphatic rings. The Morgan fingerprint density at radius 2 is 1.69 bits per heavy atom. The van der Waals surface area contributed by atoms with Gasteiger partial charge in [0.25, 0.3) is 5.91 Å². The summed E-state index contributed by atoms with van der Waals surface area (Å²) in [6, 6.07) is 9.79. The van der Waals surface area contributed by atoms with Crippen molar-refractivity contribution in [3.05, 3.63) is 57.6 Å². The highest BCUT2D eigenvalue weighted by atomic mass is 35.5. The van der Waals surface area contributed by atoms with Crippen molar-refractivity contribution in [2.45, 2.75) is 13.0 Å². The molecule has 1 fully saturated rings. The number of hydrogen-bond donors (Lipinski definition) is 0. The minimum Gasteiger partial charge on any atom is -0.493 e. The number of carbonyl (C=O) groups excluding carboxylic acids is 2. The predicted octanol–water partition coefficient (Wildman–Crippen LogP) is 4.07. The van der Waals surface area contributed by atoms with E-state index >= 15 is 0 Å². The second-order valence-corrected chi connectivity index (χ2v) is 8.07. The summed E-state index contributed by atoms with van der Waals surface area (Å²) < 4.78 is 15.9. The number of ether oxygens (including phenoxy) is 3. The lowest BCUT2D eigenvalue weighted by atomic mass is 10.0.